The van der Waals surface area contributed by atoms with Gasteiger partial charge in [-0.3, -0.25) is 0 Å². The van der Waals surface area contributed by atoms with Crippen LogP contribution in [0.25, 0.3) is 0 Å². The molecule has 0 aromatic heterocycles. The molecule has 0 aliphatic heterocycles. The van der Waals surface area contributed by atoms with Gasteiger partial charge in [0, 0.05) is 10.6 Å². The normalized spacial score (nSPS) is 11.2. The summed E-state index contributed by atoms with van der Waals surface area (Å²) < 4.78 is 42.3. The van der Waals surface area contributed by atoms with Crippen LogP contribution in [0.2, 0.25) is 10.0 Å². The number of nitrogens with two attached hydrogens (primary N) is 1. The Labute approximate surface area is 149 Å². The Morgan fingerprint density at radius 3 is 2.12 bits per heavy atom. The topological polar surface area (TPSA) is 64.4 Å². The van der Waals surface area contributed by atoms with Crippen LogP contribution in [-0.2, 0) is 0 Å². The maximum atomic E-state index is 12.3. The fourth-order valence-corrected chi connectivity index (χ4v) is 2.80. The molecule has 0 radical (unpaired) electrons. The van der Waals surface area contributed by atoms with E-state index in [1.54, 1.807) is 0 Å². The maximum absolute atomic E-state index is 12.3. The van der Waals surface area contributed by atoms with Gasteiger partial charge in [-0.1, -0.05) is 23.2 Å². The van der Waals surface area contributed by atoms with E-state index in [1.165, 1.54) is 36.4 Å². The van der Waals surface area contributed by atoms with E-state index in [0.717, 1.165) is 0 Å². The van der Waals surface area contributed by atoms with Crippen molar-refractivity contribution in [3.05, 3.63) is 46.4 Å². The number of carbonyl (C=O) groups excluding carboxylic acids is 1. The van der Waals surface area contributed by atoms with Crippen LogP contribution in [0, 0.1) is 0 Å². The molecule has 0 heterocycles. The lowest BCUT2D eigenvalue weighted by Gasteiger charge is -2.12. The number of benzene rings is 2. The van der Waals surface area contributed by atoms with Gasteiger partial charge >= 0.3 is 11.5 Å². The molecule has 0 aliphatic carbocycles. The van der Waals surface area contributed by atoms with Gasteiger partial charge in [-0.25, -0.2) is 4.79 Å². The van der Waals surface area contributed by atoms with Crippen molar-refractivity contribution in [2.24, 2.45) is 5.73 Å². The zero-order chi connectivity index (χ0) is 17.9. The Morgan fingerprint density at radius 1 is 1.12 bits per heavy atom. The molecule has 128 valence electrons. The van der Waals surface area contributed by atoms with Gasteiger partial charge in [0.1, 0.15) is 5.75 Å². The standard InChI is InChI=1S/C14H9Cl2F3N2O2S/c15-10-5-7(21-13(20)22)6-11(16)12(10)23-8-1-3-9(4-2-8)24-14(17,18)19/h1-6H,(H3,20,21,22). The van der Waals surface area contributed by atoms with Crippen molar-refractivity contribution in [2.75, 3.05) is 5.32 Å². The molecule has 3 N–H and O–H groups in total. The van der Waals surface area contributed by atoms with E-state index in [0.29, 0.717) is 0 Å². The first-order valence-corrected chi connectivity index (χ1v) is 7.80. The second kappa shape index (κ2) is 7.42. The Bertz CT molecular complexity index is 732. The number of anilines is 1. The highest BCUT2D eigenvalue weighted by molar-refractivity contribution is 8.00. The second-order valence-electron chi connectivity index (χ2n) is 4.38. The predicted molar refractivity (Wildman–Crippen MR) is 88.1 cm³/mol. The SMILES string of the molecule is NC(=O)Nc1cc(Cl)c(Oc2ccc(SC(F)(F)F)cc2)c(Cl)c1. The molecule has 0 bridgehead atoms. The molecule has 2 aromatic carbocycles. The minimum Gasteiger partial charge on any atom is -0.454 e. The summed E-state index contributed by atoms with van der Waals surface area (Å²) >= 11 is 11.8. The number of urea groups is 1. The molecule has 0 saturated heterocycles. The van der Waals surface area contributed by atoms with Gasteiger partial charge in [0.05, 0.1) is 10.0 Å². The minimum absolute atomic E-state index is 0.0213. The third-order valence-electron chi connectivity index (χ3n) is 2.54. The summed E-state index contributed by atoms with van der Waals surface area (Å²) in [6.07, 6.45) is 0. The monoisotopic (exact) mass is 396 g/mol. The first kappa shape index (κ1) is 18.6. The van der Waals surface area contributed by atoms with E-state index in [1.807, 2.05) is 0 Å². The van der Waals surface area contributed by atoms with E-state index < -0.39 is 11.5 Å². The van der Waals surface area contributed by atoms with E-state index in [9.17, 15) is 18.0 Å². The third-order valence-corrected chi connectivity index (χ3v) is 3.84. The van der Waals surface area contributed by atoms with Gasteiger partial charge in [-0.05, 0) is 48.2 Å². The molecule has 0 aliphatic rings. The van der Waals surface area contributed by atoms with Crippen molar-refractivity contribution in [2.45, 2.75) is 10.4 Å². The smallest absolute Gasteiger partial charge is 0.446 e. The quantitative estimate of drug-likeness (QED) is 0.633. The summed E-state index contributed by atoms with van der Waals surface area (Å²) in [6.45, 7) is 0. The van der Waals surface area contributed by atoms with E-state index in [-0.39, 0.29) is 43.9 Å². The fraction of sp³-hybridized carbons (Fsp3) is 0.0714. The highest BCUT2D eigenvalue weighted by atomic mass is 35.5. The highest BCUT2D eigenvalue weighted by Crippen LogP contribution is 2.40. The predicted octanol–water partition coefficient (Wildman–Crippen LogP) is 5.89. The van der Waals surface area contributed by atoms with E-state index in [2.05, 4.69) is 5.32 Å². The van der Waals surface area contributed by atoms with Crippen molar-refractivity contribution >= 4 is 46.7 Å². The molecule has 4 nitrogen and oxygen atoms in total. The summed E-state index contributed by atoms with van der Waals surface area (Å²) in [5.41, 5.74) is 0.911. The number of alkyl halides is 3. The number of rotatable bonds is 4. The first-order chi connectivity index (χ1) is 11.1. The number of ether oxygens (including phenoxy) is 1. The van der Waals surface area contributed by atoms with Crippen LogP contribution in [-0.4, -0.2) is 11.5 Å². The number of amides is 2. The van der Waals surface area contributed by atoms with Crippen LogP contribution < -0.4 is 15.8 Å². The molecular formula is C14H9Cl2F3N2O2S. The Morgan fingerprint density at radius 2 is 1.67 bits per heavy atom. The Balaban J connectivity index is 2.17. The van der Waals surface area contributed by atoms with Crippen LogP contribution in [0.3, 0.4) is 0 Å². The molecular weight excluding hydrogens is 388 g/mol. The maximum Gasteiger partial charge on any atom is 0.446 e. The van der Waals surface area contributed by atoms with Crippen molar-refractivity contribution in [3.8, 4) is 11.5 Å². The summed E-state index contributed by atoms with van der Waals surface area (Å²) in [5.74, 6) is 0.352. The molecule has 0 saturated carbocycles. The molecule has 0 fully saturated rings. The van der Waals surface area contributed by atoms with Crippen LogP contribution in [0.15, 0.2) is 41.3 Å². The van der Waals surface area contributed by atoms with Crippen molar-refractivity contribution in [1.29, 1.82) is 0 Å². The average molecular weight is 397 g/mol. The van der Waals surface area contributed by atoms with Gasteiger partial charge < -0.3 is 15.8 Å². The number of hydrogen-bond donors (Lipinski definition) is 2. The largest absolute Gasteiger partial charge is 0.454 e. The zero-order valence-corrected chi connectivity index (χ0v) is 14.0. The molecule has 2 rings (SSSR count). The summed E-state index contributed by atoms with van der Waals surface area (Å²) in [4.78, 5) is 10.8. The molecule has 0 unspecified atom stereocenters. The van der Waals surface area contributed by atoms with Crippen molar-refractivity contribution < 1.29 is 22.7 Å². The zero-order valence-electron chi connectivity index (χ0n) is 11.7. The number of carbonyl (C=O) groups is 1. The highest BCUT2D eigenvalue weighted by Gasteiger charge is 2.29. The number of primary amides is 1. The van der Waals surface area contributed by atoms with Gasteiger partial charge in [-0.15, -0.1) is 0 Å². The second-order valence-corrected chi connectivity index (χ2v) is 6.33. The fourth-order valence-electron chi connectivity index (χ4n) is 1.70. The summed E-state index contributed by atoms with van der Waals surface area (Å²) in [5, 5.41) is 2.51. The molecule has 0 atom stereocenters. The van der Waals surface area contributed by atoms with E-state index >= 15 is 0 Å². The minimum atomic E-state index is -4.36. The summed E-state index contributed by atoms with van der Waals surface area (Å²) in [7, 11) is 0. The lowest BCUT2D eigenvalue weighted by molar-refractivity contribution is -0.0328. The average Bonchev–Trinajstić information content (AvgIpc) is 2.42. The number of thioether (sulfide) groups is 1. The van der Waals surface area contributed by atoms with Crippen LogP contribution >= 0.6 is 35.0 Å². The van der Waals surface area contributed by atoms with Crippen molar-refractivity contribution in [1.82, 2.24) is 0 Å². The van der Waals surface area contributed by atoms with Gasteiger partial charge in [0.2, 0.25) is 0 Å². The van der Waals surface area contributed by atoms with Gasteiger partial charge in [0.15, 0.2) is 5.75 Å². The Hall–Kier alpha value is -1.77. The van der Waals surface area contributed by atoms with E-state index in [4.69, 9.17) is 33.7 Å². The van der Waals surface area contributed by atoms with Gasteiger partial charge in [-0.2, -0.15) is 13.2 Å². The Kier molecular flexibility index (Phi) is 5.74. The lowest BCUT2D eigenvalue weighted by atomic mass is 10.3. The molecule has 24 heavy (non-hydrogen) atoms. The molecule has 2 aromatic rings. The molecule has 10 heteroatoms. The van der Waals surface area contributed by atoms with Crippen molar-refractivity contribution in [3.63, 3.8) is 0 Å². The van der Waals surface area contributed by atoms with Crippen LogP contribution in [0.4, 0.5) is 23.7 Å². The van der Waals surface area contributed by atoms with Crippen LogP contribution in [0.5, 0.6) is 11.5 Å². The van der Waals surface area contributed by atoms with Gasteiger partial charge in [0.25, 0.3) is 0 Å². The molecule has 2 amide bonds. The third kappa shape index (κ3) is 5.40. The number of hydrogen-bond acceptors (Lipinski definition) is 3. The van der Waals surface area contributed by atoms with Crippen LogP contribution in [0.1, 0.15) is 0 Å². The number of halogens is 5. The first-order valence-electron chi connectivity index (χ1n) is 6.23. The molecule has 0 spiro atoms. The lowest BCUT2D eigenvalue weighted by Crippen LogP contribution is -2.19. The summed E-state index contributed by atoms with van der Waals surface area (Å²) in [6, 6.07) is 7.21. The number of nitrogens with one attached hydrogen (secondary N) is 1.